The third kappa shape index (κ3) is 2.49. The molecule has 0 aliphatic carbocycles. The lowest BCUT2D eigenvalue weighted by Crippen LogP contribution is -2.44. The van der Waals surface area contributed by atoms with Crippen molar-refractivity contribution in [2.75, 3.05) is 26.2 Å². The molecule has 0 aromatic heterocycles. The van der Waals surface area contributed by atoms with Crippen LogP contribution in [0.2, 0.25) is 0 Å². The molecule has 1 spiro atoms. The maximum atomic E-state index is 13.9. The van der Waals surface area contributed by atoms with Gasteiger partial charge in [0.1, 0.15) is 5.82 Å². The zero-order valence-corrected chi connectivity index (χ0v) is 12.9. The maximum absolute atomic E-state index is 13.9. The third-order valence-electron chi connectivity index (χ3n) is 4.62. The molecule has 0 radical (unpaired) electrons. The van der Waals surface area contributed by atoms with E-state index in [9.17, 15) is 9.18 Å². The summed E-state index contributed by atoms with van der Waals surface area (Å²) in [6.45, 7) is 3.58. The van der Waals surface area contributed by atoms with Gasteiger partial charge in [0.25, 0.3) is 5.91 Å². The topological polar surface area (TPSA) is 32.3 Å². The van der Waals surface area contributed by atoms with Crippen molar-refractivity contribution in [3.63, 3.8) is 0 Å². The molecule has 3 nitrogen and oxygen atoms in total. The second-order valence-electron chi connectivity index (χ2n) is 5.82. The Hall–Kier alpha value is -0.940. The van der Waals surface area contributed by atoms with Crippen LogP contribution >= 0.6 is 15.9 Å². The number of rotatable bonds is 1. The van der Waals surface area contributed by atoms with Crippen molar-refractivity contribution in [1.29, 1.82) is 0 Å². The fourth-order valence-electron chi connectivity index (χ4n) is 3.27. The Labute approximate surface area is 126 Å². The average Bonchev–Trinajstić information content (AvgIpc) is 2.87. The van der Waals surface area contributed by atoms with Crippen molar-refractivity contribution >= 4 is 21.8 Å². The third-order valence-corrected chi connectivity index (χ3v) is 5.28. The summed E-state index contributed by atoms with van der Waals surface area (Å²) in [6.07, 6.45) is 3.22. The first-order valence-electron chi connectivity index (χ1n) is 7.05. The molecule has 1 aromatic rings. The lowest BCUT2D eigenvalue weighted by atomic mass is 9.78. The van der Waals surface area contributed by atoms with Crippen molar-refractivity contribution in [2.24, 2.45) is 5.41 Å². The van der Waals surface area contributed by atoms with Crippen LogP contribution in [-0.2, 0) is 0 Å². The van der Waals surface area contributed by atoms with E-state index in [1.807, 2.05) is 0 Å². The summed E-state index contributed by atoms with van der Waals surface area (Å²) in [5.41, 5.74) is 0.525. The molecule has 2 aliphatic heterocycles. The van der Waals surface area contributed by atoms with Gasteiger partial charge in [-0.25, -0.2) is 4.39 Å². The Morgan fingerprint density at radius 2 is 2.05 bits per heavy atom. The second kappa shape index (κ2) is 5.45. The SMILES string of the molecule is O=C(c1c(F)cccc1Br)N1CCC2(CCNC2)CC1. The molecule has 1 N–H and O–H groups in total. The number of benzene rings is 1. The first-order valence-corrected chi connectivity index (χ1v) is 7.85. The molecule has 2 heterocycles. The van der Waals surface area contributed by atoms with Crippen LogP contribution in [0.4, 0.5) is 4.39 Å². The standard InChI is InChI=1S/C15H18BrFN2O/c16-11-2-1-3-12(17)13(11)14(20)19-8-5-15(6-9-19)4-7-18-10-15/h1-3,18H,4-10H2. The first kappa shape index (κ1) is 14.0. The van der Waals surface area contributed by atoms with Gasteiger partial charge in [0, 0.05) is 24.1 Å². The van der Waals surface area contributed by atoms with Crippen LogP contribution < -0.4 is 5.32 Å². The average molecular weight is 341 g/mol. The van der Waals surface area contributed by atoms with E-state index < -0.39 is 5.82 Å². The number of piperidine rings is 1. The summed E-state index contributed by atoms with van der Waals surface area (Å²) < 4.78 is 14.4. The van der Waals surface area contributed by atoms with Crippen LogP contribution in [0.15, 0.2) is 22.7 Å². The Kier molecular flexibility index (Phi) is 3.82. The minimum absolute atomic E-state index is 0.160. The van der Waals surface area contributed by atoms with Crippen LogP contribution in [-0.4, -0.2) is 37.0 Å². The Bertz CT molecular complexity index is 498. The number of likely N-dealkylation sites (tertiary alicyclic amines) is 1. The predicted molar refractivity (Wildman–Crippen MR) is 79.2 cm³/mol. The van der Waals surface area contributed by atoms with Crippen LogP contribution in [0, 0.1) is 11.2 Å². The minimum atomic E-state index is -0.452. The largest absolute Gasteiger partial charge is 0.338 e. The van der Waals surface area contributed by atoms with E-state index in [-0.39, 0.29) is 11.5 Å². The quantitative estimate of drug-likeness (QED) is 0.852. The van der Waals surface area contributed by atoms with Crippen molar-refractivity contribution in [3.8, 4) is 0 Å². The van der Waals surface area contributed by atoms with Crippen LogP contribution in [0.3, 0.4) is 0 Å². The summed E-state index contributed by atoms with van der Waals surface area (Å²) in [4.78, 5) is 14.3. The Balaban J connectivity index is 1.73. The van der Waals surface area contributed by atoms with Gasteiger partial charge in [-0.1, -0.05) is 6.07 Å². The van der Waals surface area contributed by atoms with Crippen molar-refractivity contribution in [2.45, 2.75) is 19.3 Å². The molecule has 2 aliphatic rings. The molecule has 0 saturated carbocycles. The van der Waals surface area contributed by atoms with Crippen molar-refractivity contribution < 1.29 is 9.18 Å². The molecule has 1 aromatic carbocycles. The van der Waals surface area contributed by atoms with Crippen molar-refractivity contribution in [1.82, 2.24) is 10.2 Å². The Morgan fingerprint density at radius 3 is 2.65 bits per heavy atom. The number of carbonyl (C=O) groups excluding carboxylic acids is 1. The normalized spacial score (nSPS) is 21.4. The van der Waals surface area contributed by atoms with E-state index in [0.29, 0.717) is 9.89 Å². The van der Waals surface area contributed by atoms with Crippen LogP contribution in [0.5, 0.6) is 0 Å². The van der Waals surface area contributed by atoms with Gasteiger partial charge in [-0.3, -0.25) is 4.79 Å². The first-order chi connectivity index (χ1) is 9.61. The van der Waals surface area contributed by atoms with E-state index in [1.54, 1.807) is 17.0 Å². The highest BCUT2D eigenvalue weighted by Crippen LogP contribution is 2.37. The fraction of sp³-hybridized carbons (Fsp3) is 0.533. The highest BCUT2D eigenvalue weighted by atomic mass is 79.9. The highest BCUT2D eigenvalue weighted by molar-refractivity contribution is 9.10. The Morgan fingerprint density at radius 1 is 1.30 bits per heavy atom. The van der Waals surface area contributed by atoms with E-state index in [0.717, 1.165) is 39.0 Å². The molecule has 0 atom stereocenters. The van der Waals surface area contributed by atoms with Gasteiger partial charge in [-0.15, -0.1) is 0 Å². The molecule has 5 heteroatoms. The number of halogens is 2. The molecule has 0 bridgehead atoms. The molecule has 20 heavy (non-hydrogen) atoms. The van der Waals surface area contributed by atoms with Gasteiger partial charge in [-0.05, 0) is 59.3 Å². The van der Waals surface area contributed by atoms with Gasteiger partial charge < -0.3 is 10.2 Å². The predicted octanol–water partition coefficient (Wildman–Crippen LogP) is 2.80. The minimum Gasteiger partial charge on any atom is -0.338 e. The lowest BCUT2D eigenvalue weighted by Gasteiger charge is -2.39. The zero-order valence-electron chi connectivity index (χ0n) is 11.3. The molecule has 0 unspecified atom stereocenters. The summed E-state index contributed by atoms with van der Waals surface area (Å²) in [5.74, 6) is -0.650. The summed E-state index contributed by atoms with van der Waals surface area (Å²) in [5, 5.41) is 3.41. The zero-order chi connectivity index (χ0) is 14.2. The molecule has 2 fully saturated rings. The highest BCUT2D eigenvalue weighted by Gasteiger charge is 2.38. The number of hydrogen-bond donors (Lipinski definition) is 1. The molecule has 2 saturated heterocycles. The number of nitrogens with zero attached hydrogens (tertiary/aromatic N) is 1. The number of carbonyl (C=O) groups is 1. The number of hydrogen-bond acceptors (Lipinski definition) is 2. The molecule has 3 rings (SSSR count). The molecular weight excluding hydrogens is 323 g/mol. The summed E-state index contributed by atoms with van der Waals surface area (Å²) in [6, 6.07) is 4.65. The van der Waals surface area contributed by atoms with E-state index in [4.69, 9.17) is 0 Å². The summed E-state index contributed by atoms with van der Waals surface area (Å²) in [7, 11) is 0. The number of nitrogens with one attached hydrogen (secondary N) is 1. The van der Waals surface area contributed by atoms with Crippen LogP contribution in [0.25, 0.3) is 0 Å². The van der Waals surface area contributed by atoms with Crippen molar-refractivity contribution in [3.05, 3.63) is 34.1 Å². The summed E-state index contributed by atoms with van der Waals surface area (Å²) >= 11 is 3.28. The van der Waals surface area contributed by atoms with Crippen LogP contribution in [0.1, 0.15) is 29.6 Å². The molecule has 1 amide bonds. The smallest absolute Gasteiger partial charge is 0.257 e. The van der Waals surface area contributed by atoms with Gasteiger partial charge in [-0.2, -0.15) is 0 Å². The van der Waals surface area contributed by atoms with E-state index >= 15 is 0 Å². The van der Waals surface area contributed by atoms with Gasteiger partial charge in [0.2, 0.25) is 0 Å². The molecule has 108 valence electrons. The van der Waals surface area contributed by atoms with Gasteiger partial charge in [0.15, 0.2) is 0 Å². The fourth-order valence-corrected chi connectivity index (χ4v) is 3.78. The molecular formula is C15H18BrFN2O. The van der Waals surface area contributed by atoms with E-state index in [1.165, 1.54) is 12.5 Å². The van der Waals surface area contributed by atoms with Gasteiger partial charge in [0.05, 0.1) is 5.56 Å². The second-order valence-corrected chi connectivity index (χ2v) is 6.67. The van der Waals surface area contributed by atoms with Gasteiger partial charge >= 0.3 is 0 Å². The number of amides is 1. The van der Waals surface area contributed by atoms with E-state index in [2.05, 4.69) is 21.2 Å². The maximum Gasteiger partial charge on any atom is 0.257 e. The lowest BCUT2D eigenvalue weighted by molar-refractivity contribution is 0.0602. The monoisotopic (exact) mass is 340 g/mol.